The third-order valence-electron chi connectivity index (χ3n) is 2.54. The number of ether oxygens (including phenoxy) is 1. The Morgan fingerprint density at radius 1 is 1.20 bits per heavy atom. The Morgan fingerprint density at radius 3 is 2.55 bits per heavy atom. The van der Waals surface area contributed by atoms with Crippen molar-refractivity contribution < 1.29 is 18.3 Å². The van der Waals surface area contributed by atoms with Crippen molar-refractivity contribution in [2.24, 2.45) is 0 Å². The smallest absolute Gasteiger partial charge is 0.240 e. The van der Waals surface area contributed by atoms with E-state index in [0.717, 1.165) is 5.56 Å². The number of aliphatic hydroxyl groups is 1. The standard InChI is InChI=1S/C13H15NO4S2/c15-6-7-18-12-1-3-13(4-2-12)20(16,17)14-9-11-5-8-19-10-11/h1-5,8,10,14-15H,6-7,9H2. The lowest BCUT2D eigenvalue weighted by atomic mass is 10.3. The first-order chi connectivity index (χ1) is 9.62. The molecule has 0 amide bonds. The molecule has 0 atom stereocenters. The van der Waals surface area contributed by atoms with Gasteiger partial charge in [-0.05, 0) is 46.7 Å². The summed E-state index contributed by atoms with van der Waals surface area (Å²) >= 11 is 1.52. The van der Waals surface area contributed by atoms with E-state index in [0.29, 0.717) is 5.75 Å². The average molecular weight is 313 g/mol. The van der Waals surface area contributed by atoms with Crippen molar-refractivity contribution in [1.29, 1.82) is 0 Å². The molecule has 0 bridgehead atoms. The number of thiophene rings is 1. The van der Waals surface area contributed by atoms with Gasteiger partial charge in [0.05, 0.1) is 11.5 Å². The highest BCUT2D eigenvalue weighted by Gasteiger charge is 2.13. The molecule has 2 N–H and O–H groups in total. The van der Waals surface area contributed by atoms with Gasteiger partial charge in [-0.2, -0.15) is 11.3 Å². The fraction of sp³-hybridized carbons (Fsp3) is 0.231. The zero-order chi connectivity index (χ0) is 14.4. The molecule has 0 unspecified atom stereocenters. The maximum atomic E-state index is 12.1. The summed E-state index contributed by atoms with van der Waals surface area (Å²) in [5, 5.41) is 12.4. The van der Waals surface area contributed by atoms with Gasteiger partial charge in [-0.15, -0.1) is 0 Å². The summed E-state index contributed by atoms with van der Waals surface area (Å²) in [6, 6.07) is 7.95. The fourth-order valence-electron chi connectivity index (χ4n) is 1.53. The Balaban J connectivity index is 2.01. The van der Waals surface area contributed by atoms with Gasteiger partial charge in [-0.3, -0.25) is 0 Å². The molecule has 108 valence electrons. The molecule has 0 saturated carbocycles. The van der Waals surface area contributed by atoms with Crippen LogP contribution in [-0.4, -0.2) is 26.7 Å². The van der Waals surface area contributed by atoms with Crippen LogP contribution in [0, 0.1) is 0 Å². The second-order valence-corrected chi connectivity index (χ2v) is 6.55. The van der Waals surface area contributed by atoms with Crippen molar-refractivity contribution >= 4 is 21.4 Å². The fourth-order valence-corrected chi connectivity index (χ4v) is 3.22. The summed E-state index contributed by atoms with van der Waals surface area (Å²) in [5.41, 5.74) is 0.932. The van der Waals surface area contributed by atoms with E-state index in [1.807, 2.05) is 16.8 Å². The van der Waals surface area contributed by atoms with E-state index < -0.39 is 10.0 Å². The van der Waals surface area contributed by atoms with Gasteiger partial charge in [0.15, 0.2) is 0 Å². The van der Waals surface area contributed by atoms with Crippen LogP contribution in [-0.2, 0) is 16.6 Å². The van der Waals surface area contributed by atoms with E-state index in [2.05, 4.69) is 4.72 Å². The van der Waals surface area contributed by atoms with Crippen LogP contribution in [0.25, 0.3) is 0 Å². The molecule has 0 fully saturated rings. The van der Waals surface area contributed by atoms with E-state index in [1.54, 1.807) is 12.1 Å². The Kier molecular flexibility index (Phi) is 5.13. The lowest BCUT2D eigenvalue weighted by Crippen LogP contribution is -2.22. The molecular formula is C13H15NO4S2. The SMILES string of the molecule is O=S(=O)(NCc1ccsc1)c1ccc(OCCO)cc1. The van der Waals surface area contributed by atoms with Gasteiger partial charge in [-0.1, -0.05) is 0 Å². The van der Waals surface area contributed by atoms with Gasteiger partial charge in [0.1, 0.15) is 12.4 Å². The summed E-state index contributed by atoms with van der Waals surface area (Å²) in [4.78, 5) is 0.184. The molecular weight excluding hydrogens is 298 g/mol. The van der Waals surface area contributed by atoms with E-state index in [-0.39, 0.29) is 24.7 Å². The van der Waals surface area contributed by atoms with Gasteiger partial charge in [0.2, 0.25) is 10.0 Å². The minimum Gasteiger partial charge on any atom is -0.491 e. The van der Waals surface area contributed by atoms with Gasteiger partial charge >= 0.3 is 0 Å². The molecule has 1 aromatic carbocycles. The topological polar surface area (TPSA) is 75.6 Å². The first kappa shape index (κ1) is 15.0. The summed E-state index contributed by atoms with van der Waals surface area (Å²) in [7, 11) is -3.52. The second-order valence-electron chi connectivity index (χ2n) is 4.00. The van der Waals surface area contributed by atoms with E-state index in [4.69, 9.17) is 9.84 Å². The van der Waals surface area contributed by atoms with Crippen LogP contribution in [0.15, 0.2) is 46.0 Å². The zero-order valence-corrected chi connectivity index (χ0v) is 12.3. The second kappa shape index (κ2) is 6.85. The Hall–Kier alpha value is -1.41. The first-order valence-corrected chi connectivity index (χ1v) is 8.39. The number of hydrogen-bond acceptors (Lipinski definition) is 5. The van der Waals surface area contributed by atoms with Crippen LogP contribution in [0.5, 0.6) is 5.75 Å². The number of aliphatic hydroxyl groups excluding tert-OH is 1. The van der Waals surface area contributed by atoms with Crippen molar-refractivity contribution in [1.82, 2.24) is 4.72 Å². The summed E-state index contributed by atoms with van der Waals surface area (Å²) < 4.78 is 31.8. The lowest BCUT2D eigenvalue weighted by Gasteiger charge is -2.07. The van der Waals surface area contributed by atoms with Crippen LogP contribution in [0.3, 0.4) is 0 Å². The number of rotatable bonds is 7. The molecule has 7 heteroatoms. The lowest BCUT2D eigenvalue weighted by molar-refractivity contribution is 0.201. The number of sulfonamides is 1. The molecule has 0 radical (unpaired) electrons. The molecule has 0 saturated heterocycles. The third-order valence-corrected chi connectivity index (χ3v) is 4.69. The largest absolute Gasteiger partial charge is 0.491 e. The average Bonchev–Trinajstić information content (AvgIpc) is 2.97. The molecule has 1 aromatic heterocycles. The quantitative estimate of drug-likeness (QED) is 0.814. The monoisotopic (exact) mass is 313 g/mol. The van der Waals surface area contributed by atoms with Crippen LogP contribution >= 0.6 is 11.3 Å². The third kappa shape index (κ3) is 4.04. The predicted molar refractivity (Wildman–Crippen MR) is 77.4 cm³/mol. The molecule has 2 rings (SSSR count). The maximum absolute atomic E-state index is 12.1. The number of hydrogen-bond donors (Lipinski definition) is 2. The molecule has 0 aliphatic heterocycles. The van der Waals surface area contributed by atoms with Gasteiger partial charge in [0.25, 0.3) is 0 Å². The maximum Gasteiger partial charge on any atom is 0.240 e. The minimum absolute atomic E-state index is 0.0811. The number of benzene rings is 1. The molecule has 0 spiro atoms. The summed E-state index contributed by atoms with van der Waals surface area (Å²) in [6.45, 7) is 0.374. The van der Waals surface area contributed by atoms with Crippen LogP contribution in [0.1, 0.15) is 5.56 Å². The van der Waals surface area contributed by atoms with Gasteiger partial charge < -0.3 is 9.84 Å². The Bertz CT molecular complexity index is 621. The van der Waals surface area contributed by atoms with Crippen molar-refractivity contribution in [3.05, 3.63) is 46.7 Å². The molecule has 1 heterocycles. The predicted octanol–water partition coefficient (Wildman–Crippen LogP) is 1.60. The van der Waals surface area contributed by atoms with Crippen LogP contribution in [0.2, 0.25) is 0 Å². The van der Waals surface area contributed by atoms with Crippen LogP contribution in [0.4, 0.5) is 0 Å². The minimum atomic E-state index is -3.52. The highest BCUT2D eigenvalue weighted by Crippen LogP contribution is 2.16. The van der Waals surface area contributed by atoms with Crippen LogP contribution < -0.4 is 9.46 Å². The van der Waals surface area contributed by atoms with Crippen molar-refractivity contribution in [3.63, 3.8) is 0 Å². The van der Waals surface area contributed by atoms with Gasteiger partial charge in [-0.25, -0.2) is 13.1 Å². The molecule has 20 heavy (non-hydrogen) atoms. The molecule has 2 aromatic rings. The Labute approximate surface area is 121 Å². The van der Waals surface area contributed by atoms with Gasteiger partial charge in [0, 0.05) is 6.54 Å². The zero-order valence-electron chi connectivity index (χ0n) is 10.7. The van der Waals surface area contributed by atoms with Crippen molar-refractivity contribution in [2.45, 2.75) is 11.4 Å². The van der Waals surface area contributed by atoms with E-state index >= 15 is 0 Å². The normalized spacial score (nSPS) is 11.4. The summed E-state index contributed by atoms with van der Waals surface area (Å²) in [6.07, 6.45) is 0. The first-order valence-electron chi connectivity index (χ1n) is 5.96. The van der Waals surface area contributed by atoms with E-state index in [1.165, 1.54) is 23.5 Å². The molecule has 0 aliphatic carbocycles. The highest BCUT2D eigenvalue weighted by atomic mass is 32.2. The summed E-state index contributed by atoms with van der Waals surface area (Å²) in [5.74, 6) is 0.524. The Morgan fingerprint density at radius 2 is 1.95 bits per heavy atom. The van der Waals surface area contributed by atoms with E-state index in [9.17, 15) is 8.42 Å². The van der Waals surface area contributed by atoms with Crippen molar-refractivity contribution in [2.75, 3.05) is 13.2 Å². The van der Waals surface area contributed by atoms with Crippen molar-refractivity contribution in [3.8, 4) is 5.75 Å². The molecule has 5 nitrogen and oxygen atoms in total. The number of nitrogens with one attached hydrogen (secondary N) is 1. The molecule has 0 aliphatic rings. The highest BCUT2D eigenvalue weighted by molar-refractivity contribution is 7.89.